The van der Waals surface area contributed by atoms with E-state index >= 15 is 8.78 Å². The van der Waals surface area contributed by atoms with Crippen molar-refractivity contribution >= 4 is 40.1 Å². The van der Waals surface area contributed by atoms with Crippen LogP contribution in [-0.2, 0) is 29.9 Å². The van der Waals surface area contributed by atoms with Crippen LogP contribution in [0.3, 0.4) is 0 Å². The SMILES string of the molecule is CC.CC(C)(O)c1nn(Cc2ncc(F)cn2)c2nc(CC3CC3)c(C(N)=O)c(-c3ccc4c(c3)OC(F)(F)C(=O)N4Cc3ccc(Cl)cn3)c12. The molecule has 266 valence electrons. The number of nitrogens with two attached hydrogens (primary N) is 1. The van der Waals surface area contributed by atoms with Crippen molar-refractivity contribution in [3.63, 3.8) is 0 Å². The van der Waals surface area contributed by atoms with E-state index in [-0.39, 0.29) is 69.7 Å². The standard InChI is InChI=1S/C33H28ClF3N8O4.C2H6/c1-32(2,48)28-27-25(17-5-8-22-23(10-17)49-33(36,37)31(47)44(22)14-20-7-6-18(34)11-39-20)26(29(38)46)21(9-16-3-4-16)42-30(27)45(43-28)15-24-40-12-19(35)13-41-24;1-2/h5-8,10-13,16,48H,3-4,9,14-15H2,1-2H3,(H2,38,46);1-2H3. The summed E-state index contributed by atoms with van der Waals surface area (Å²) in [5.41, 5.74) is 5.87. The first kappa shape index (κ1) is 35.7. The summed E-state index contributed by atoms with van der Waals surface area (Å²) in [5, 5.41) is 16.5. The topological polar surface area (TPSA) is 162 Å². The number of hydrogen-bond donors (Lipinski definition) is 2. The van der Waals surface area contributed by atoms with Crippen molar-refractivity contribution in [3.05, 3.63) is 88.2 Å². The zero-order chi connectivity index (χ0) is 36.8. The van der Waals surface area contributed by atoms with Gasteiger partial charge in [-0.2, -0.15) is 13.9 Å². The molecule has 1 aliphatic heterocycles. The van der Waals surface area contributed by atoms with Crippen LogP contribution >= 0.6 is 11.6 Å². The lowest BCUT2D eigenvalue weighted by Crippen LogP contribution is -2.50. The predicted molar refractivity (Wildman–Crippen MR) is 182 cm³/mol. The zero-order valence-corrected chi connectivity index (χ0v) is 28.9. The Kier molecular flexibility index (Phi) is 9.46. The molecule has 0 radical (unpaired) electrons. The number of aliphatic hydroxyl groups is 1. The van der Waals surface area contributed by atoms with Crippen LogP contribution in [0, 0.1) is 11.7 Å². The van der Waals surface area contributed by atoms with E-state index in [1.54, 1.807) is 0 Å². The summed E-state index contributed by atoms with van der Waals surface area (Å²) < 4.78 is 50.3. The third-order valence-electron chi connectivity index (χ3n) is 8.31. The van der Waals surface area contributed by atoms with Gasteiger partial charge < -0.3 is 15.6 Å². The van der Waals surface area contributed by atoms with Crippen molar-refractivity contribution < 1.29 is 32.6 Å². The number of rotatable bonds is 9. The average molecular weight is 723 g/mol. The van der Waals surface area contributed by atoms with Crippen LogP contribution in [0.1, 0.15) is 73.8 Å². The summed E-state index contributed by atoms with van der Waals surface area (Å²) in [6.07, 6.45) is 1.35. The van der Waals surface area contributed by atoms with Crippen molar-refractivity contribution in [2.45, 2.75) is 71.8 Å². The van der Waals surface area contributed by atoms with E-state index in [4.69, 9.17) is 27.1 Å². The molecule has 0 atom stereocenters. The number of primary amides is 1. The summed E-state index contributed by atoms with van der Waals surface area (Å²) >= 11 is 5.93. The summed E-state index contributed by atoms with van der Waals surface area (Å²) in [6.45, 7) is 6.60. The number of carbonyl (C=O) groups excluding carboxylic acids is 2. The highest BCUT2D eigenvalue weighted by Gasteiger charge is 2.51. The van der Waals surface area contributed by atoms with Crippen LogP contribution in [0.2, 0.25) is 5.02 Å². The second-order valence-electron chi connectivity index (χ2n) is 12.6. The smallest absolute Gasteiger partial charge is 0.423 e. The number of halogens is 4. The van der Waals surface area contributed by atoms with Crippen molar-refractivity contribution in [1.29, 1.82) is 0 Å². The number of carbonyl (C=O) groups is 2. The number of alkyl halides is 2. The highest BCUT2D eigenvalue weighted by atomic mass is 35.5. The van der Waals surface area contributed by atoms with Crippen molar-refractivity contribution in [2.75, 3.05) is 4.90 Å². The first-order chi connectivity index (χ1) is 24.2. The average Bonchev–Trinajstić information content (AvgIpc) is 3.83. The molecule has 0 saturated heterocycles. The molecule has 1 saturated carbocycles. The molecule has 2 amide bonds. The molecule has 0 spiro atoms. The van der Waals surface area contributed by atoms with E-state index in [0.717, 1.165) is 30.1 Å². The minimum Gasteiger partial charge on any atom is -0.423 e. The minimum atomic E-state index is -4.23. The number of benzene rings is 1. The van der Waals surface area contributed by atoms with Gasteiger partial charge in [-0.25, -0.2) is 24.0 Å². The maximum atomic E-state index is 15.1. The Labute approximate surface area is 295 Å². The van der Waals surface area contributed by atoms with Crippen molar-refractivity contribution in [2.24, 2.45) is 11.7 Å². The summed E-state index contributed by atoms with van der Waals surface area (Å²) in [7, 11) is 0. The summed E-state index contributed by atoms with van der Waals surface area (Å²) in [6, 6.07) is 7.29. The predicted octanol–water partition coefficient (Wildman–Crippen LogP) is 5.95. The van der Waals surface area contributed by atoms with Gasteiger partial charge in [0.1, 0.15) is 23.7 Å². The van der Waals surface area contributed by atoms with Crippen LogP contribution in [0.4, 0.5) is 18.9 Å². The summed E-state index contributed by atoms with van der Waals surface area (Å²) in [5.74, 6) is -2.96. The molecule has 2 aliphatic rings. The highest BCUT2D eigenvalue weighted by molar-refractivity contribution is 6.30. The fraction of sp³-hybridized carbons (Fsp3) is 0.343. The largest absolute Gasteiger partial charge is 0.482 e. The molecule has 0 bridgehead atoms. The Balaban J connectivity index is 0.00000220. The number of hydrogen-bond acceptors (Lipinski definition) is 9. The molecule has 7 rings (SSSR count). The maximum absolute atomic E-state index is 15.1. The fourth-order valence-electron chi connectivity index (χ4n) is 5.88. The van der Waals surface area contributed by atoms with Gasteiger partial charge in [-0.15, -0.1) is 0 Å². The molecule has 4 aromatic heterocycles. The van der Waals surface area contributed by atoms with Gasteiger partial charge in [-0.3, -0.25) is 19.5 Å². The first-order valence-electron chi connectivity index (χ1n) is 16.3. The van der Waals surface area contributed by atoms with E-state index in [1.807, 2.05) is 13.8 Å². The van der Waals surface area contributed by atoms with Crippen LogP contribution in [0.5, 0.6) is 5.75 Å². The van der Waals surface area contributed by atoms with Gasteiger partial charge in [0.2, 0.25) is 0 Å². The van der Waals surface area contributed by atoms with E-state index in [1.165, 1.54) is 55.1 Å². The molecule has 1 aromatic carbocycles. The van der Waals surface area contributed by atoms with Gasteiger partial charge in [0.05, 0.1) is 52.0 Å². The molecule has 5 heterocycles. The van der Waals surface area contributed by atoms with Gasteiger partial charge in [-0.1, -0.05) is 31.5 Å². The Bertz CT molecular complexity index is 2130. The number of pyridine rings is 2. The van der Waals surface area contributed by atoms with Crippen LogP contribution in [0.15, 0.2) is 48.9 Å². The number of ether oxygens (including phenoxy) is 1. The zero-order valence-electron chi connectivity index (χ0n) is 28.1. The van der Waals surface area contributed by atoms with E-state index in [2.05, 4.69) is 20.1 Å². The molecule has 1 aliphatic carbocycles. The van der Waals surface area contributed by atoms with E-state index in [0.29, 0.717) is 22.8 Å². The molecule has 51 heavy (non-hydrogen) atoms. The Hall–Kier alpha value is -5.15. The molecular weight excluding hydrogens is 689 g/mol. The van der Waals surface area contributed by atoms with Gasteiger partial charge in [-0.05, 0) is 68.9 Å². The van der Waals surface area contributed by atoms with Gasteiger partial charge >= 0.3 is 12.0 Å². The number of fused-ring (bicyclic) bond motifs is 2. The third-order valence-corrected chi connectivity index (χ3v) is 8.53. The lowest BCUT2D eigenvalue weighted by Gasteiger charge is -2.33. The number of anilines is 1. The van der Waals surface area contributed by atoms with E-state index in [9.17, 15) is 19.1 Å². The van der Waals surface area contributed by atoms with Gasteiger partial charge in [0.15, 0.2) is 17.2 Å². The lowest BCUT2D eigenvalue weighted by atomic mass is 9.89. The number of aromatic nitrogens is 6. The molecular formula is C35H34ClF3N8O4. The normalized spacial score (nSPS) is 15.2. The first-order valence-corrected chi connectivity index (χ1v) is 16.6. The molecule has 3 N–H and O–H groups in total. The van der Waals surface area contributed by atoms with Crippen molar-refractivity contribution in [1.82, 2.24) is 29.7 Å². The molecule has 5 aromatic rings. The second-order valence-corrected chi connectivity index (χ2v) is 13.0. The summed E-state index contributed by atoms with van der Waals surface area (Å²) in [4.78, 5) is 44.1. The van der Waals surface area contributed by atoms with Crippen LogP contribution < -0.4 is 15.4 Å². The monoisotopic (exact) mass is 722 g/mol. The second kappa shape index (κ2) is 13.5. The number of amides is 2. The van der Waals surface area contributed by atoms with Crippen LogP contribution in [-0.4, -0.2) is 52.7 Å². The fourth-order valence-corrected chi connectivity index (χ4v) is 5.99. The number of nitrogens with zero attached hydrogens (tertiary/aromatic N) is 7. The van der Waals surface area contributed by atoms with Crippen LogP contribution in [0.25, 0.3) is 22.2 Å². The molecule has 12 nitrogen and oxygen atoms in total. The quantitative estimate of drug-likeness (QED) is 0.187. The molecule has 16 heteroatoms. The van der Waals surface area contributed by atoms with Crippen molar-refractivity contribution in [3.8, 4) is 16.9 Å². The van der Waals surface area contributed by atoms with E-state index < -0.39 is 29.3 Å². The maximum Gasteiger partial charge on any atom is 0.482 e. The Morgan fingerprint density at radius 3 is 2.41 bits per heavy atom. The molecule has 0 unspecified atom stereocenters. The lowest BCUT2D eigenvalue weighted by molar-refractivity contribution is -0.193. The molecule has 1 fully saturated rings. The minimum absolute atomic E-state index is 0.0308. The Morgan fingerprint density at radius 2 is 1.80 bits per heavy atom. The van der Waals surface area contributed by atoms with Gasteiger partial charge in [0, 0.05) is 11.8 Å². The highest BCUT2D eigenvalue weighted by Crippen LogP contribution is 2.46. The third kappa shape index (κ3) is 7.08. The van der Waals surface area contributed by atoms with Gasteiger partial charge in [0.25, 0.3) is 5.91 Å². The Morgan fingerprint density at radius 1 is 1.10 bits per heavy atom.